The molecule has 0 radical (unpaired) electrons. The third-order valence-electron chi connectivity index (χ3n) is 3.06. The van der Waals surface area contributed by atoms with Gasteiger partial charge >= 0.3 is 0 Å². The first kappa shape index (κ1) is 15.4. The quantitative estimate of drug-likeness (QED) is 0.803. The Kier molecular flexibility index (Phi) is 5.89. The Morgan fingerprint density at radius 2 is 1.95 bits per heavy atom. The van der Waals surface area contributed by atoms with Gasteiger partial charge in [-0.25, -0.2) is 0 Å². The molecule has 1 aromatic heterocycles. The van der Waals surface area contributed by atoms with Crippen LogP contribution in [-0.2, 0) is 19.6 Å². The van der Waals surface area contributed by atoms with Gasteiger partial charge in [0.05, 0.1) is 0 Å². The standard InChI is InChI=1S/C16H20ClNOS/c1-3-12-8-9-13(20-12)11-19-16-7-5-6-15(17)14(16)10-18-4-2/h5-9,18H,3-4,10-11H2,1-2H3. The second kappa shape index (κ2) is 7.67. The summed E-state index contributed by atoms with van der Waals surface area (Å²) in [4.78, 5) is 2.64. The fourth-order valence-corrected chi connectivity index (χ4v) is 3.04. The lowest BCUT2D eigenvalue weighted by Gasteiger charge is -2.12. The number of aryl methyl sites for hydroxylation is 1. The van der Waals surface area contributed by atoms with Crippen LogP contribution in [0.25, 0.3) is 0 Å². The summed E-state index contributed by atoms with van der Waals surface area (Å²) in [6.45, 7) is 6.49. The van der Waals surface area contributed by atoms with Gasteiger partial charge in [-0.1, -0.05) is 31.5 Å². The maximum absolute atomic E-state index is 6.26. The van der Waals surface area contributed by atoms with Crippen molar-refractivity contribution in [1.29, 1.82) is 0 Å². The van der Waals surface area contributed by atoms with Gasteiger partial charge < -0.3 is 10.1 Å². The van der Waals surface area contributed by atoms with Crippen molar-refractivity contribution in [3.8, 4) is 5.75 Å². The minimum absolute atomic E-state index is 0.601. The highest BCUT2D eigenvalue weighted by Crippen LogP contribution is 2.28. The number of nitrogens with one attached hydrogen (secondary N) is 1. The van der Waals surface area contributed by atoms with E-state index in [-0.39, 0.29) is 0 Å². The first-order valence-electron chi connectivity index (χ1n) is 6.93. The van der Waals surface area contributed by atoms with Crippen LogP contribution in [0.15, 0.2) is 30.3 Å². The Bertz CT molecular complexity index is 553. The third kappa shape index (κ3) is 3.98. The van der Waals surface area contributed by atoms with Crippen molar-refractivity contribution in [3.05, 3.63) is 50.7 Å². The molecule has 0 aliphatic rings. The van der Waals surface area contributed by atoms with Gasteiger partial charge in [-0.15, -0.1) is 11.3 Å². The molecule has 0 atom stereocenters. The van der Waals surface area contributed by atoms with Crippen LogP contribution >= 0.6 is 22.9 Å². The van der Waals surface area contributed by atoms with Crippen LogP contribution in [0.4, 0.5) is 0 Å². The van der Waals surface area contributed by atoms with Gasteiger partial charge in [0, 0.05) is 26.9 Å². The average molecular weight is 310 g/mol. The van der Waals surface area contributed by atoms with E-state index in [4.69, 9.17) is 16.3 Å². The zero-order valence-electron chi connectivity index (χ0n) is 11.9. The van der Waals surface area contributed by atoms with Gasteiger partial charge in [-0.3, -0.25) is 0 Å². The summed E-state index contributed by atoms with van der Waals surface area (Å²) in [6, 6.07) is 10.1. The monoisotopic (exact) mass is 309 g/mol. The van der Waals surface area contributed by atoms with Crippen LogP contribution in [-0.4, -0.2) is 6.54 Å². The molecule has 0 aliphatic heterocycles. The Morgan fingerprint density at radius 3 is 2.65 bits per heavy atom. The predicted octanol–water partition coefficient (Wildman–Crippen LogP) is 4.65. The molecular formula is C16H20ClNOS. The number of halogens is 1. The molecule has 1 N–H and O–H groups in total. The normalized spacial score (nSPS) is 10.8. The number of hydrogen-bond donors (Lipinski definition) is 1. The van der Waals surface area contributed by atoms with Crippen LogP contribution in [0, 0.1) is 0 Å². The van der Waals surface area contributed by atoms with Crippen LogP contribution in [0.1, 0.15) is 29.2 Å². The smallest absolute Gasteiger partial charge is 0.125 e. The van der Waals surface area contributed by atoms with Crippen molar-refractivity contribution < 1.29 is 4.74 Å². The van der Waals surface area contributed by atoms with Crippen molar-refractivity contribution in [1.82, 2.24) is 5.32 Å². The maximum atomic E-state index is 6.26. The van der Waals surface area contributed by atoms with Crippen LogP contribution in [0.3, 0.4) is 0 Å². The van der Waals surface area contributed by atoms with Gasteiger partial charge in [0.15, 0.2) is 0 Å². The van der Waals surface area contributed by atoms with Crippen LogP contribution in [0.5, 0.6) is 5.75 Å². The summed E-state index contributed by atoms with van der Waals surface area (Å²) < 4.78 is 5.94. The third-order valence-corrected chi connectivity index (χ3v) is 4.62. The number of hydrogen-bond acceptors (Lipinski definition) is 3. The minimum Gasteiger partial charge on any atom is -0.488 e. The molecule has 1 heterocycles. The van der Waals surface area contributed by atoms with Crippen molar-refractivity contribution in [2.24, 2.45) is 0 Å². The number of benzene rings is 1. The lowest BCUT2D eigenvalue weighted by Crippen LogP contribution is -2.13. The van der Waals surface area contributed by atoms with Crippen molar-refractivity contribution in [3.63, 3.8) is 0 Å². The molecular weight excluding hydrogens is 290 g/mol. The Balaban J connectivity index is 2.06. The molecule has 2 nitrogen and oxygen atoms in total. The molecule has 20 heavy (non-hydrogen) atoms. The fourth-order valence-electron chi connectivity index (χ4n) is 1.93. The minimum atomic E-state index is 0.601. The van der Waals surface area contributed by atoms with E-state index in [1.54, 1.807) is 11.3 Å². The molecule has 2 rings (SSSR count). The molecule has 0 amide bonds. The van der Waals surface area contributed by atoms with Crippen LogP contribution in [0.2, 0.25) is 5.02 Å². The molecule has 0 bridgehead atoms. The highest BCUT2D eigenvalue weighted by molar-refractivity contribution is 7.11. The molecule has 0 aliphatic carbocycles. The zero-order chi connectivity index (χ0) is 14.4. The molecule has 0 unspecified atom stereocenters. The lowest BCUT2D eigenvalue weighted by molar-refractivity contribution is 0.306. The van der Waals surface area contributed by atoms with Gasteiger partial charge in [0.2, 0.25) is 0 Å². The highest BCUT2D eigenvalue weighted by Gasteiger charge is 2.08. The molecule has 1 aromatic carbocycles. The predicted molar refractivity (Wildman–Crippen MR) is 86.9 cm³/mol. The summed E-state index contributed by atoms with van der Waals surface area (Å²) >= 11 is 8.06. The number of thiophene rings is 1. The van der Waals surface area contributed by atoms with E-state index in [2.05, 4.69) is 31.3 Å². The molecule has 2 aromatic rings. The number of rotatable bonds is 7. The van der Waals surface area contributed by atoms with E-state index in [1.165, 1.54) is 9.75 Å². The van der Waals surface area contributed by atoms with E-state index < -0.39 is 0 Å². The van der Waals surface area contributed by atoms with Gasteiger partial charge in [0.1, 0.15) is 12.4 Å². The Hall–Kier alpha value is -1.03. The molecule has 0 saturated carbocycles. The number of ether oxygens (including phenoxy) is 1. The highest BCUT2D eigenvalue weighted by atomic mass is 35.5. The second-order valence-electron chi connectivity index (χ2n) is 4.51. The summed E-state index contributed by atoms with van der Waals surface area (Å²) in [5, 5.41) is 4.05. The first-order chi connectivity index (χ1) is 9.74. The maximum Gasteiger partial charge on any atom is 0.125 e. The molecule has 0 spiro atoms. The van der Waals surface area contributed by atoms with Crippen molar-refractivity contribution >= 4 is 22.9 Å². The van der Waals surface area contributed by atoms with Gasteiger partial charge in [-0.05, 0) is 37.2 Å². The van der Waals surface area contributed by atoms with Crippen molar-refractivity contribution in [2.45, 2.75) is 33.4 Å². The molecule has 108 valence electrons. The topological polar surface area (TPSA) is 21.3 Å². The molecule has 0 fully saturated rings. The lowest BCUT2D eigenvalue weighted by atomic mass is 10.2. The SMILES string of the molecule is CCNCc1c(Cl)cccc1OCc1ccc(CC)s1. The van der Waals surface area contributed by atoms with Gasteiger partial charge in [-0.2, -0.15) is 0 Å². The van der Waals surface area contributed by atoms with Crippen molar-refractivity contribution in [2.75, 3.05) is 6.54 Å². The van der Waals surface area contributed by atoms with E-state index in [9.17, 15) is 0 Å². The van der Waals surface area contributed by atoms with E-state index in [1.807, 2.05) is 18.2 Å². The summed E-state index contributed by atoms with van der Waals surface area (Å²) in [5.41, 5.74) is 1.03. The zero-order valence-corrected chi connectivity index (χ0v) is 13.5. The summed E-state index contributed by atoms with van der Waals surface area (Å²) in [6.07, 6.45) is 1.08. The van der Waals surface area contributed by atoms with E-state index in [0.717, 1.165) is 35.8 Å². The molecule has 4 heteroatoms. The second-order valence-corrected chi connectivity index (χ2v) is 6.17. The summed E-state index contributed by atoms with van der Waals surface area (Å²) in [7, 11) is 0. The van der Waals surface area contributed by atoms with E-state index >= 15 is 0 Å². The first-order valence-corrected chi connectivity index (χ1v) is 8.12. The largest absolute Gasteiger partial charge is 0.488 e. The fraction of sp³-hybridized carbons (Fsp3) is 0.375. The summed E-state index contributed by atoms with van der Waals surface area (Å²) in [5.74, 6) is 0.866. The Morgan fingerprint density at radius 1 is 1.15 bits per heavy atom. The Labute approximate surface area is 129 Å². The van der Waals surface area contributed by atoms with Crippen LogP contribution < -0.4 is 10.1 Å². The average Bonchev–Trinajstić information content (AvgIpc) is 2.92. The van der Waals surface area contributed by atoms with Gasteiger partial charge in [0.25, 0.3) is 0 Å². The molecule has 0 saturated heterocycles. The van der Waals surface area contributed by atoms with E-state index in [0.29, 0.717) is 6.61 Å².